The predicted octanol–water partition coefficient (Wildman–Crippen LogP) is 4.86. The molecule has 0 saturated carbocycles. The minimum atomic E-state index is -5.01. The molecular weight excluding hydrogens is 428 g/mol. The smallest absolute Gasteiger partial charge is 0.345 e. The summed E-state index contributed by atoms with van der Waals surface area (Å²) in [6, 6.07) is 5.12. The first-order valence-electron chi connectivity index (χ1n) is 7.42. The molecule has 0 aliphatic heterocycles. The van der Waals surface area contributed by atoms with Crippen LogP contribution in [0.15, 0.2) is 30.3 Å². The lowest BCUT2D eigenvalue weighted by Gasteiger charge is -2.11. The van der Waals surface area contributed by atoms with E-state index in [0.29, 0.717) is 21.2 Å². The lowest BCUT2D eigenvalue weighted by Crippen LogP contribution is -2.14. The van der Waals surface area contributed by atoms with Crippen molar-refractivity contribution in [1.29, 1.82) is 0 Å². The Balaban J connectivity index is 1.90. The molecule has 2 aromatic heterocycles. The van der Waals surface area contributed by atoms with Gasteiger partial charge in [0.2, 0.25) is 0 Å². The third-order valence-electron chi connectivity index (χ3n) is 3.52. The fourth-order valence-electron chi connectivity index (χ4n) is 2.23. The van der Waals surface area contributed by atoms with E-state index < -0.39 is 23.7 Å². The van der Waals surface area contributed by atoms with Crippen molar-refractivity contribution in [1.82, 2.24) is 19.4 Å². The summed E-state index contributed by atoms with van der Waals surface area (Å²) in [7, 11) is 0. The van der Waals surface area contributed by atoms with E-state index in [4.69, 9.17) is 12.2 Å². The largest absolute Gasteiger partial charge is 0.435 e. The van der Waals surface area contributed by atoms with Gasteiger partial charge < -0.3 is 5.32 Å². The van der Waals surface area contributed by atoms with Crippen molar-refractivity contribution in [3.63, 3.8) is 0 Å². The highest BCUT2D eigenvalue weighted by Crippen LogP contribution is 2.36. The highest BCUT2D eigenvalue weighted by atomic mass is 32.1. The fourth-order valence-corrected chi connectivity index (χ4v) is 3.16. The Bertz CT molecular complexity index is 1000. The molecule has 3 rings (SSSR count). The number of hydrogen-bond donors (Lipinski definition) is 1. The van der Waals surface area contributed by atoms with E-state index in [1.807, 2.05) is 0 Å². The molecule has 5 nitrogen and oxygen atoms in total. The van der Waals surface area contributed by atoms with Gasteiger partial charge in [0.15, 0.2) is 5.69 Å². The Kier molecular flexibility index (Phi) is 5.14. The second-order valence-corrected chi connectivity index (χ2v) is 6.67. The van der Waals surface area contributed by atoms with Crippen molar-refractivity contribution in [2.24, 2.45) is 0 Å². The van der Waals surface area contributed by atoms with Gasteiger partial charge in [0.1, 0.15) is 15.6 Å². The molecule has 0 unspecified atom stereocenters. The van der Waals surface area contributed by atoms with Crippen molar-refractivity contribution in [2.45, 2.75) is 19.3 Å². The molecule has 0 radical (unpaired) electrons. The zero-order valence-electron chi connectivity index (χ0n) is 13.8. The molecule has 0 aliphatic rings. The molecule has 0 spiro atoms. The molecule has 0 saturated heterocycles. The Labute approximate surface area is 163 Å². The minimum absolute atomic E-state index is 0.0269. The van der Waals surface area contributed by atoms with E-state index in [9.17, 15) is 26.3 Å². The maximum Gasteiger partial charge on any atom is 0.435 e. The van der Waals surface area contributed by atoms with Crippen LogP contribution >= 0.6 is 23.8 Å². The molecule has 3 aromatic rings. The molecule has 2 heterocycles. The maximum atomic E-state index is 13.1. The molecule has 0 amide bonds. The van der Waals surface area contributed by atoms with Gasteiger partial charge in [0.05, 0.1) is 11.4 Å². The van der Waals surface area contributed by atoms with Gasteiger partial charge in [0, 0.05) is 11.8 Å². The van der Waals surface area contributed by atoms with Gasteiger partial charge in [-0.2, -0.15) is 31.4 Å². The van der Waals surface area contributed by atoms with Crippen molar-refractivity contribution in [2.75, 3.05) is 5.32 Å². The van der Waals surface area contributed by atoms with Crippen LogP contribution in [0.5, 0.6) is 0 Å². The Morgan fingerprint density at radius 1 is 1.07 bits per heavy atom. The number of alkyl halides is 6. The molecule has 0 atom stereocenters. The lowest BCUT2D eigenvalue weighted by atomic mass is 10.2. The summed E-state index contributed by atoms with van der Waals surface area (Å²) in [5, 5.41) is 9.76. The van der Waals surface area contributed by atoms with E-state index in [2.05, 4.69) is 20.0 Å². The first-order chi connectivity index (χ1) is 13.0. The Morgan fingerprint density at radius 3 is 2.21 bits per heavy atom. The number of nitrogens with zero attached hydrogens (tertiary/aromatic N) is 4. The van der Waals surface area contributed by atoms with Gasteiger partial charge in [-0.15, -0.1) is 5.10 Å². The number of aromatic nitrogens is 4. The highest BCUT2D eigenvalue weighted by molar-refractivity contribution is 7.81. The molecule has 13 heteroatoms. The molecule has 1 N–H and O–H groups in total. The second-order valence-electron chi connectivity index (χ2n) is 5.51. The van der Waals surface area contributed by atoms with E-state index >= 15 is 0 Å². The summed E-state index contributed by atoms with van der Waals surface area (Å²) in [4.78, 5) is 0.940. The number of hydrogen-bond acceptors (Lipinski definition) is 5. The van der Waals surface area contributed by atoms with Crippen molar-refractivity contribution < 1.29 is 26.3 Å². The third kappa shape index (κ3) is 4.14. The third-order valence-corrected chi connectivity index (χ3v) is 4.80. The summed E-state index contributed by atoms with van der Waals surface area (Å²) in [5.74, 6) is 0. The number of anilines is 1. The summed E-state index contributed by atoms with van der Waals surface area (Å²) >= 11 is 6.29. The average molecular weight is 437 g/mol. The number of thiocarbonyl (C=S) groups is 1. The van der Waals surface area contributed by atoms with Crippen LogP contribution in [0, 0.1) is 6.92 Å². The van der Waals surface area contributed by atoms with Crippen LogP contribution in [0.4, 0.5) is 32.0 Å². The topological polar surface area (TPSA) is 55.6 Å². The van der Waals surface area contributed by atoms with Gasteiger partial charge >= 0.3 is 12.4 Å². The van der Waals surface area contributed by atoms with Crippen LogP contribution in [0.2, 0.25) is 0 Å². The molecule has 0 bridgehead atoms. The predicted molar refractivity (Wildman–Crippen MR) is 93.5 cm³/mol. The van der Waals surface area contributed by atoms with Crippen LogP contribution in [-0.2, 0) is 12.4 Å². The van der Waals surface area contributed by atoms with Crippen LogP contribution < -0.4 is 5.32 Å². The first kappa shape index (κ1) is 20.2. The highest BCUT2D eigenvalue weighted by Gasteiger charge is 2.42. The number of nitrogens with one attached hydrogen (secondary N) is 1. The first-order valence-corrected chi connectivity index (χ1v) is 8.60. The molecule has 1 aromatic carbocycles. The average Bonchev–Trinajstić information content (AvgIpc) is 3.21. The Morgan fingerprint density at radius 2 is 1.71 bits per heavy atom. The van der Waals surface area contributed by atoms with Crippen LogP contribution in [0.1, 0.15) is 22.0 Å². The Hall–Kier alpha value is -2.54. The second kappa shape index (κ2) is 7.13. The summed E-state index contributed by atoms with van der Waals surface area (Å²) < 4.78 is 81.6. The molecule has 0 fully saturated rings. The zero-order chi connectivity index (χ0) is 20.7. The maximum absolute atomic E-state index is 13.1. The van der Waals surface area contributed by atoms with Crippen molar-refractivity contribution >= 4 is 34.4 Å². The number of rotatable bonds is 3. The SMILES string of the molecule is Cc1nnsc1C(=S)Nc1ccc(-n2nc(C(F)(F)F)cc2C(F)(F)F)cc1. The van der Waals surface area contributed by atoms with Gasteiger partial charge in [-0.05, 0) is 42.7 Å². The molecule has 148 valence electrons. The van der Waals surface area contributed by atoms with E-state index in [0.717, 1.165) is 11.5 Å². The van der Waals surface area contributed by atoms with Crippen molar-refractivity contribution in [3.8, 4) is 5.69 Å². The minimum Gasteiger partial charge on any atom is -0.345 e. The summed E-state index contributed by atoms with van der Waals surface area (Å²) in [6.45, 7) is 1.71. The standard InChI is InChI=1S/C15H9F6N5S2/c1-7-12(28-25-23-7)13(27)22-8-2-4-9(5-3-8)26-11(15(19,20)21)6-10(24-26)14(16,17)18/h2-6H,1H3,(H,22,27). The summed E-state index contributed by atoms with van der Waals surface area (Å²) in [6.07, 6.45) is -10.0. The van der Waals surface area contributed by atoms with E-state index in [1.54, 1.807) is 6.92 Å². The van der Waals surface area contributed by atoms with Crippen molar-refractivity contribution in [3.05, 3.63) is 52.3 Å². The molecular formula is C15H9F6N5S2. The van der Waals surface area contributed by atoms with Crippen LogP contribution in [-0.4, -0.2) is 24.4 Å². The normalized spacial score (nSPS) is 12.2. The quantitative estimate of drug-likeness (QED) is 0.469. The fraction of sp³-hybridized carbons (Fsp3) is 0.200. The monoisotopic (exact) mass is 437 g/mol. The van der Waals surface area contributed by atoms with E-state index in [1.165, 1.54) is 24.3 Å². The van der Waals surface area contributed by atoms with Crippen LogP contribution in [0.25, 0.3) is 5.69 Å². The number of benzene rings is 1. The van der Waals surface area contributed by atoms with Gasteiger partial charge in [-0.3, -0.25) is 0 Å². The lowest BCUT2D eigenvalue weighted by molar-refractivity contribution is -0.143. The van der Waals surface area contributed by atoms with Gasteiger partial charge in [0.25, 0.3) is 0 Å². The molecule has 28 heavy (non-hydrogen) atoms. The number of halogens is 6. The molecule has 0 aliphatic carbocycles. The number of aryl methyl sites for hydroxylation is 1. The van der Waals surface area contributed by atoms with Gasteiger partial charge in [-0.1, -0.05) is 16.7 Å². The summed E-state index contributed by atoms with van der Waals surface area (Å²) in [5.41, 5.74) is -2.29. The van der Waals surface area contributed by atoms with E-state index in [-0.39, 0.29) is 16.4 Å². The van der Waals surface area contributed by atoms with Crippen LogP contribution in [0.3, 0.4) is 0 Å². The van der Waals surface area contributed by atoms with Gasteiger partial charge in [-0.25, -0.2) is 4.68 Å². The zero-order valence-corrected chi connectivity index (χ0v) is 15.4.